The molecule has 2 unspecified atom stereocenters. The summed E-state index contributed by atoms with van der Waals surface area (Å²) in [6, 6.07) is 0. The average molecular weight is 234 g/mol. The van der Waals surface area contributed by atoms with Crippen LogP contribution in [0.25, 0.3) is 0 Å². The smallest absolute Gasteiger partial charge is 0.331 e. The maximum Gasteiger partial charge on any atom is 0.331 e. The van der Waals surface area contributed by atoms with E-state index in [0.717, 1.165) is 0 Å². The Hall–Kier alpha value is 0.420. The van der Waals surface area contributed by atoms with Crippen molar-refractivity contribution in [1.82, 2.24) is 0 Å². The summed E-state index contributed by atoms with van der Waals surface area (Å²) in [6.45, 7) is 1.66. The molecule has 0 aliphatic heterocycles. The third-order valence-corrected chi connectivity index (χ3v) is 1.98. The Morgan fingerprint density at radius 3 is 2.38 bits per heavy atom. The molecule has 0 aromatic carbocycles. The fourth-order valence-corrected chi connectivity index (χ4v) is 1.57. The molecular weight excluding hydrogens is 222 g/mol. The second-order valence-electron chi connectivity index (χ2n) is 2.17. The molecule has 0 aliphatic rings. The van der Waals surface area contributed by atoms with Crippen molar-refractivity contribution in [1.29, 1.82) is 0 Å². The minimum atomic E-state index is -3.40. The van der Waals surface area contributed by atoms with Crippen molar-refractivity contribution >= 4 is 16.9 Å². The fourth-order valence-electron chi connectivity index (χ4n) is 0.695. The zero-order chi connectivity index (χ0) is 10.5. The van der Waals surface area contributed by atoms with Gasteiger partial charge in [0.1, 0.15) is 0 Å². The van der Waals surface area contributed by atoms with Gasteiger partial charge in [-0.05, 0) is 6.42 Å². The van der Waals surface area contributed by atoms with E-state index in [4.69, 9.17) is 14.7 Å². The minimum absolute atomic E-state index is 0.135. The van der Waals surface area contributed by atoms with Crippen LogP contribution in [-0.4, -0.2) is 25.8 Å². The normalized spacial score (nSPS) is 18.6. The van der Waals surface area contributed by atoms with Gasteiger partial charge in [0.05, 0.1) is 0 Å². The second-order valence-corrected chi connectivity index (χ2v) is 3.60. The zero-order valence-electron chi connectivity index (χ0n) is 6.88. The molecule has 4 N–H and O–H groups in total. The number of hydrogen-bond donors (Lipinski definition) is 4. The molecule has 80 valence electrons. The van der Waals surface area contributed by atoms with Gasteiger partial charge in [-0.25, -0.2) is 0 Å². The third kappa shape index (κ3) is 6.49. The van der Waals surface area contributed by atoms with Crippen LogP contribution in [0.5, 0.6) is 0 Å². The van der Waals surface area contributed by atoms with Crippen molar-refractivity contribution in [3.63, 3.8) is 0 Å². The van der Waals surface area contributed by atoms with Gasteiger partial charge in [-0.2, -0.15) is 0 Å². The molecule has 0 saturated carbocycles. The summed E-state index contributed by atoms with van der Waals surface area (Å²) in [4.78, 5) is 25.2. The van der Waals surface area contributed by atoms with E-state index in [2.05, 4.69) is 9.05 Å². The highest BCUT2D eigenvalue weighted by molar-refractivity contribution is 7.39. The van der Waals surface area contributed by atoms with Crippen LogP contribution in [0, 0.1) is 0 Å². The molecule has 2 atom stereocenters. The van der Waals surface area contributed by atoms with Crippen molar-refractivity contribution in [2.75, 3.05) is 0 Å². The predicted octanol–water partition coefficient (Wildman–Crippen LogP) is 0.0593. The van der Waals surface area contributed by atoms with E-state index < -0.39 is 22.8 Å². The van der Waals surface area contributed by atoms with Gasteiger partial charge in [-0.3, -0.25) is 13.6 Å². The van der Waals surface area contributed by atoms with E-state index in [1.165, 1.54) is 0 Å². The topological polar surface area (TPSA) is 116 Å². The van der Waals surface area contributed by atoms with E-state index in [9.17, 15) is 9.67 Å². The van der Waals surface area contributed by atoms with Gasteiger partial charge in [-0.15, -0.1) is 0 Å². The highest BCUT2D eigenvalue weighted by Gasteiger charge is 2.33. The lowest BCUT2D eigenvalue weighted by Gasteiger charge is -2.25. The van der Waals surface area contributed by atoms with Crippen molar-refractivity contribution in [3.8, 4) is 0 Å². The molecule has 0 rings (SSSR count). The number of rotatable bonds is 6. The van der Waals surface area contributed by atoms with Crippen LogP contribution in [0.1, 0.15) is 19.8 Å². The van der Waals surface area contributed by atoms with Gasteiger partial charge in [0, 0.05) is 6.42 Å². The van der Waals surface area contributed by atoms with Crippen molar-refractivity contribution in [3.05, 3.63) is 0 Å². The van der Waals surface area contributed by atoms with Gasteiger partial charge in [0.25, 0.3) is 5.97 Å². The lowest BCUT2D eigenvalue weighted by atomic mass is 10.3. The number of hydrogen-bond acceptors (Lipinski definition) is 6. The van der Waals surface area contributed by atoms with E-state index in [-0.39, 0.29) is 6.42 Å². The zero-order valence-corrected chi connectivity index (χ0v) is 8.77. The molecule has 0 aromatic rings. The molecule has 0 saturated heterocycles. The van der Waals surface area contributed by atoms with E-state index >= 15 is 0 Å². The Balaban J connectivity index is 4.23. The first-order chi connectivity index (χ1) is 5.89. The molecule has 0 heterocycles. The summed E-state index contributed by atoms with van der Waals surface area (Å²) >= 11 is 0. The fraction of sp³-hybridized carbons (Fsp3) is 1.00. The lowest BCUT2D eigenvalue weighted by Crippen LogP contribution is -2.31. The first-order valence-electron chi connectivity index (χ1n) is 3.41. The SMILES string of the molecule is CCCC(O)(OP(O)O)O[PH](=O)O. The van der Waals surface area contributed by atoms with Crippen molar-refractivity contribution in [2.24, 2.45) is 0 Å². The number of aliphatic hydroxyl groups is 1. The Labute approximate surface area is 76.9 Å². The van der Waals surface area contributed by atoms with Crippen LogP contribution in [-0.2, 0) is 13.6 Å². The lowest BCUT2D eigenvalue weighted by molar-refractivity contribution is -0.279. The van der Waals surface area contributed by atoms with Crippen molar-refractivity contribution < 1.29 is 33.4 Å². The minimum Gasteiger partial charge on any atom is -0.343 e. The van der Waals surface area contributed by atoms with E-state index in [1.807, 2.05) is 0 Å². The molecule has 9 heteroatoms. The van der Waals surface area contributed by atoms with Gasteiger partial charge in [-0.1, -0.05) is 6.92 Å². The maximum atomic E-state index is 10.2. The Morgan fingerprint density at radius 1 is 1.54 bits per heavy atom. The van der Waals surface area contributed by atoms with Crippen LogP contribution in [0.3, 0.4) is 0 Å². The standard InChI is InChI=1S/C4H12O7P2/c1-2-3-4(5,10-12(6)7)11-13(8)9/h5-7,13H,2-3H2,1H3,(H,8,9). The monoisotopic (exact) mass is 234 g/mol. The van der Waals surface area contributed by atoms with E-state index in [0.29, 0.717) is 6.42 Å². The molecular formula is C4H12O7P2. The summed E-state index contributed by atoms with van der Waals surface area (Å²) < 4.78 is 18.5. The highest BCUT2D eigenvalue weighted by atomic mass is 31.2. The quantitative estimate of drug-likeness (QED) is 0.379. The maximum absolute atomic E-state index is 10.2. The summed E-state index contributed by atoms with van der Waals surface area (Å²) in [7, 11) is -6.23. The molecule has 0 amide bonds. The van der Waals surface area contributed by atoms with Gasteiger partial charge in [0.15, 0.2) is 0 Å². The largest absolute Gasteiger partial charge is 0.343 e. The predicted molar refractivity (Wildman–Crippen MR) is 44.6 cm³/mol. The highest BCUT2D eigenvalue weighted by Crippen LogP contribution is 2.38. The molecule has 0 aliphatic carbocycles. The van der Waals surface area contributed by atoms with Gasteiger partial charge < -0.3 is 19.8 Å². The molecule has 0 fully saturated rings. The molecule has 0 radical (unpaired) electrons. The first-order valence-corrected chi connectivity index (χ1v) is 5.84. The summed E-state index contributed by atoms with van der Waals surface area (Å²) in [5, 5.41) is 9.27. The van der Waals surface area contributed by atoms with Gasteiger partial charge >= 0.3 is 16.9 Å². The molecule has 0 aromatic heterocycles. The van der Waals surface area contributed by atoms with Crippen molar-refractivity contribution in [2.45, 2.75) is 25.7 Å². The Bertz CT molecular complexity index is 174. The molecule has 7 nitrogen and oxygen atoms in total. The molecule has 0 bridgehead atoms. The third-order valence-electron chi connectivity index (χ3n) is 1.04. The average Bonchev–Trinajstić information content (AvgIpc) is 1.81. The van der Waals surface area contributed by atoms with Crippen LogP contribution < -0.4 is 0 Å². The Kier molecular flexibility index (Phi) is 6.20. The van der Waals surface area contributed by atoms with Crippen LogP contribution in [0.2, 0.25) is 0 Å². The summed E-state index contributed by atoms with van der Waals surface area (Å²) in [6.07, 6.45) is 0.249. The van der Waals surface area contributed by atoms with Gasteiger partial charge in [0.2, 0.25) is 0 Å². The van der Waals surface area contributed by atoms with E-state index in [1.54, 1.807) is 6.92 Å². The molecule has 0 spiro atoms. The summed E-state index contributed by atoms with van der Waals surface area (Å²) in [5.74, 6) is -2.39. The van der Waals surface area contributed by atoms with Crippen LogP contribution in [0.4, 0.5) is 0 Å². The first kappa shape index (κ1) is 13.4. The summed E-state index contributed by atoms with van der Waals surface area (Å²) in [5.41, 5.74) is 0. The Morgan fingerprint density at radius 2 is 2.08 bits per heavy atom. The second kappa shape index (κ2) is 6.01. The molecule has 13 heavy (non-hydrogen) atoms. The van der Waals surface area contributed by atoms with Crippen LogP contribution >= 0.6 is 16.9 Å². The van der Waals surface area contributed by atoms with Crippen LogP contribution in [0.15, 0.2) is 0 Å².